The molecule has 0 aromatic heterocycles. The maximum Gasteiger partial charge on any atom is 0.200 e. The molecule has 2 heteroatoms. The number of unbranched alkanes of at least 4 members (excludes halogenated alkanes) is 1. The number of rotatable bonds is 8. The zero-order valence-corrected chi connectivity index (χ0v) is 14.0. The van der Waals surface area contributed by atoms with Crippen LogP contribution in [0.15, 0.2) is 12.2 Å². The Morgan fingerprint density at radius 1 is 1.06 bits per heavy atom. The number of terminal acetylenes is 1. The summed E-state index contributed by atoms with van der Waals surface area (Å²) < 4.78 is 6.45. The predicted octanol–water partition coefficient (Wildman–Crippen LogP) is 5.15. The Hall–Kier alpha value is -0.523. The van der Waals surface area contributed by atoms with Crippen LogP contribution >= 0.6 is 0 Å². The van der Waals surface area contributed by atoms with Crippen molar-refractivity contribution < 1.29 is 4.43 Å². The Labute approximate surface area is 115 Å². The van der Waals surface area contributed by atoms with E-state index in [0.29, 0.717) is 16.6 Å². The molecule has 0 saturated carbocycles. The van der Waals surface area contributed by atoms with E-state index in [9.17, 15) is 0 Å². The van der Waals surface area contributed by atoms with Crippen LogP contribution in [0.5, 0.6) is 0 Å². The first-order valence-corrected chi connectivity index (χ1v) is 9.28. The maximum atomic E-state index is 6.45. The van der Waals surface area contributed by atoms with Crippen LogP contribution < -0.4 is 0 Å². The first-order chi connectivity index (χ1) is 8.39. The summed E-state index contributed by atoms with van der Waals surface area (Å²) in [5.74, 6) is 2.52. The molecule has 18 heavy (non-hydrogen) atoms. The van der Waals surface area contributed by atoms with Crippen molar-refractivity contribution in [3.8, 4) is 12.3 Å². The van der Waals surface area contributed by atoms with Crippen LogP contribution in [0, 0.1) is 12.3 Å². The highest BCUT2D eigenvalue weighted by molar-refractivity contribution is 6.77. The monoisotopic (exact) mass is 266 g/mol. The fourth-order valence-corrected chi connectivity index (χ4v) is 8.60. The van der Waals surface area contributed by atoms with Crippen molar-refractivity contribution in [3.05, 3.63) is 12.2 Å². The number of hydrogen-bond acceptors (Lipinski definition) is 1. The van der Waals surface area contributed by atoms with Crippen molar-refractivity contribution in [1.82, 2.24) is 0 Å². The Morgan fingerprint density at radius 2 is 1.56 bits per heavy atom. The highest BCUT2D eigenvalue weighted by Gasteiger charge is 2.44. The van der Waals surface area contributed by atoms with Gasteiger partial charge in [0.15, 0.2) is 8.32 Å². The molecule has 0 radical (unpaired) electrons. The Bertz CT molecular complexity index is 262. The predicted molar refractivity (Wildman–Crippen MR) is 84.2 cm³/mol. The van der Waals surface area contributed by atoms with Gasteiger partial charge >= 0.3 is 0 Å². The van der Waals surface area contributed by atoms with E-state index in [-0.39, 0.29) is 0 Å². The molecule has 0 saturated heterocycles. The van der Waals surface area contributed by atoms with E-state index in [0.717, 1.165) is 19.4 Å². The van der Waals surface area contributed by atoms with Crippen molar-refractivity contribution in [1.29, 1.82) is 0 Å². The summed E-state index contributed by atoms with van der Waals surface area (Å²) in [5.41, 5.74) is 2.00. The molecule has 0 spiro atoms. The van der Waals surface area contributed by atoms with Crippen molar-refractivity contribution in [2.75, 3.05) is 6.61 Å². The van der Waals surface area contributed by atoms with E-state index in [4.69, 9.17) is 10.8 Å². The summed E-state index contributed by atoms with van der Waals surface area (Å²) in [5, 5.41) is 0. The summed E-state index contributed by atoms with van der Waals surface area (Å²) >= 11 is 0. The molecular formula is C16H30OSi. The largest absolute Gasteiger partial charge is 0.416 e. The lowest BCUT2D eigenvalue weighted by Gasteiger charge is -2.42. The van der Waals surface area contributed by atoms with Gasteiger partial charge in [0.25, 0.3) is 0 Å². The van der Waals surface area contributed by atoms with Gasteiger partial charge in [0.1, 0.15) is 0 Å². The van der Waals surface area contributed by atoms with Crippen LogP contribution in [0.4, 0.5) is 0 Å². The third-order valence-corrected chi connectivity index (χ3v) is 9.91. The molecule has 0 unspecified atom stereocenters. The van der Waals surface area contributed by atoms with Gasteiger partial charge in [-0.1, -0.05) is 53.5 Å². The molecule has 0 aromatic carbocycles. The SMILES string of the molecule is C#CC=CCCCO[Si](C(C)C)(C(C)C)C(C)C. The van der Waals surface area contributed by atoms with Gasteiger partial charge in [0, 0.05) is 6.61 Å². The second-order valence-corrected chi connectivity index (χ2v) is 11.3. The maximum absolute atomic E-state index is 6.45. The molecule has 0 aliphatic rings. The molecule has 0 heterocycles. The van der Waals surface area contributed by atoms with Crippen LogP contribution in [-0.4, -0.2) is 14.9 Å². The van der Waals surface area contributed by atoms with Gasteiger partial charge in [-0.15, -0.1) is 6.42 Å². The highest BCUT2D eigenvalue weighted by Crippen LogP contribution is 2.42. The van der Waals surface area contributed by atoms with E-state index in [1.54, 1.807) is 6.08 Å². The van der Waals surface area contributed by atoms with Gasteiger partial charge in [-0.05, 0) is 35.5 Å². The molecule has 0 bridgehead atoms. The molecule has 0 atom stereocenters. The molecule has 0 amide bonds. The lowest BCUT2D eigenvalue weighted by molar-refractivity contribution is 0.273. The summed E-state index contributed by atoms with van der Waals surface area (Å²) in [6.45, 7) is 14.8. The quantitative estimate of drug-likeness (QED) is 0.335. The van der Waals surface area contributed by atoms with Crippen LogP contribution in [0.25, 0.3) is 0 Å². The molecule has 1 nitrogen and oxygen atoms in total. The lowest BCUT2D eigenvalue weighted by Crippen LogP contribution is -2.47. The van der Waals surface area contributed by atoms with E-state index < -0.39 is 8.32 Å². The molecular weight excluding hydrogens is 236 g/mol. The molecule has 0 aromatic rings. The second kappa shape index (κ2) is 8.56. The average molecular weight is 267 g/mol. The third kappa shape index (κ3) is 4.63. The van der Waals surface area contributed by atoms with Gasteiger partial charge < -0.3 is 4.43 Å². The normalized spacial score (nSPS) is 12.9. The fourth-order valence-electron chi connectivity index (χ4n) is 3.10. The summed E-state index contributed by atoms with van der Waals surface area (Å²) in [4.78, 5) is 0. The molecule has 0 N–H and O–H groups in total. The molecule has 0 aliphatic heterocycles. The summed E-state index contributed by atoms with van der Waals surface area (Å²) in [6.07, 6.45) is 11.1. The van der Waals surface area contributed by atoms with Gasteiger partial charge in [-0.2, -0.15) is 0 Å². The van der Waals surface area contributed by atoms with Gasteiger partial charge in [-0.3, -0.25) is 0 Å². The van der Waals surface area contributed by atoms with Crippen molar-refractivity contribution in [2.45, 2.75) is 71.0 Å². The van der Waals surface area contributed by atoms with Crippen LogP contribution in [0.2, 0.25) is 16.6 Å². The first-order valence-electron chi connectivity index (χ1n) is 7.14. The molecule has 0 rings (SSSR count). The minimum atomic E-state index is -1.66. The minimum Gasteiger partial charge on any atom is -0.416 e. The number of hydrogen-bond donors (Lipinski definition) is 0. The van der Waals surface area contributed by atoms with E-state index in [1.165, 1.54) is 0 Å². The van der Waals surface area contributed by atoms with Gasteiger partial charge in [0.2, 0.25) is 0 Å². The average Bonchev–Trinajstić information content (AvgIpc) is 2.26. The third-order valence-electron chi connectivity index (χ3n) is 3.79. The molecule has 0 fully saturated rings. The fraction of sp³-hybridized carbons (Fsp3) is 0.750. The topological polar surface area (TPSA) is 9.23 Å². The summed E-state index contributed by atoms with van der Waals surface area (Å²) in [6, 6.07) is 0. The van der Waals surface area contributed by atoms with Crippen molar-refractivity contribution in [2.24, 2.45) is 0 Å². The van der Waals surface area contributed by atoms with Gasteiger partial charge in [-0.25, -0.2) is 0 Å². The zero-order chi connectivity index (χ0) is 14.2. The van der Waals surface area contributed by atoms with Crippen LogP contribution in [-0.2, 0) is 4.43 Å². The number of allylic oxidation sites excluding steroid dienone is 2. The van der Waals surface area contributed by atoms with E-state index >= 15 is 0 Å². The molecule has 0 aliphatic carbocycles. The van der Waals surface area contributed by atoms with Crippen LogP contribution in [0.1, 0.15) is 54.4 Å². The van der Waals surface area contributed by atoms with E-state index in [1.807, 2.05) is 6.08 Å². The Balaban J connectivity index is 4.44. The highest BCUT2D eigenvalue weighted by atomic mass is 28.4. The van der Waals surface area contributed by atoms with Gasteiger partial charge in [0.05, 0.1) is 0 Å². The Kier molecular flexibility index (Phi) is 8.31. The second-order valence-electron chi connectivity index (χ2n) is 5.88. The zero-order valence-electron chi connectivity index (χ0n) is 13.0. The Morgan fingerprint density at radius 3 is 1.94 bits per heavy atom. The standard InChI is InChI=1S/C16H30OSi/c1-8-9-10-11-12-13-17-18(14(2)3,15(4)5)16(6)7/h1,9-10,14-16H,11-13H2,2-7H3. The van der Waals surface area contributed by atoms with Crippen LogP contribution in [0.3, 0.4) is 0 Å². The molecule has 104 valence electrons. The van der Waals surface area contributed by atoms with E-state index in [2.05, 4.69) is 47.5 Å². The lowest BCUT2D eigenvalue weighted by atomic mass is 10.3. The minimum absolute atomic E-state index is 0.666. The van der Waals surface area contributed by atoms with Crippen molar-refractivity contribution in [3.63, 3.8) is 0 Å². The van der Waals surface area contributed by atoms with Crippen molar-refractivity contribution >= 4 is 8.32 Å². The first kappa shape index (κ1) is 17.5. The smallest absolute Gasteiger partial charge is 0.200 e. The summed E-state index contributed by atoms with van der Waals surface area (Å²) in [7, 11) is -1.66.